The Balaban J connectivity index is 1.90. The Morgan fingerprint density at radius 3 is 2.83 bits per heavy atom. The molecule has 0 bridgehead atoms. The fraction of sp³-hybridized carbons (Fsp3) is 0.333. The van der Waals surface area contributed by atoms with Crippen molar-refractivity contribution in [2.45, 2.75) is 26.7 Å². The van der Waals surface area contributed by atoms with Crippen LogP contribution in [-0.4, -0.2) is 32.8 Å². The summed E-state index contributed by atoms with van der Waals surface area (Å²) in [6, 6.07) is 5.60. The van der Waals surface area contributed by atoms with Gasteiger partial charge in [0.05, 0.1) is 12.8 Å². The molecule has 3 aromatic rings. The van der Waals surface area contributed by atoms with Crippen molar-refractivity contribution in [3.05, 3.63) is 34.6 Å². The van der Waals surface area contributed by atoms with Crippen molar-refractivity contribution in [1.29, 1.82) is 0 Å². The van der Waals surface area contributed by atoms with Gasteiger partial charge in [-0.05, 0) is 24.6 Å². The molecule has 0 aliphatic rings. The third-order valence-electron chi connectivity index (χ3n) is 3.33. The van der Waals surface area contributed by atoms with E-state index in [1.807, 2.05) is 39.0 Å². The van der Waals surface area contributed by atoms with Gasteiger partial charge in [0, 0.05) is 5.92 Å². The lowest BCUT2D eigenvalue weighted by atomic mass is 10.2. The fourth-order valence-corrected chi connectivity index (χ4v) is 2.92. The highest BCUT2D eigenvalue weighted by Gasteiger charge is 2.19. The lowest BCUT2D eigenvalue weighted by molar-refractivity contribution is 0.102. The van der Waals surface area contributed by atoms with E-state index in [-0.39, 0.29) is 11.8 Å². The first-order valence-electron chi connectivity index (χ1n) is 7.17. The van der Waals surface area contributed by atoms with Crippen LogP contribution in [0.15, 0.2) is 18.2 Å². The molecule has 0 atom stereocenters. The number of hydrogen-bond acceptors (Lipinski definition) is 6. The minimum Gasteiger partial charge on any atom is -0.495 e. The average Bonchev–Trinajstić information content (AvgIpc) is 3.07. The highest BCUT2D eigenvalue weighted by atomic mass is 32.1. The molecule has 1 N–H and O–H groups in total. The molecule has 0 fully saturated rings. The van der Waals surface area contributed by atoms with Gasteiger partial charge in [0.25, 0.3) is 5.91 Å². The third-order valence-corrected chi connectivity index (χ3v) is 4.23. The number of amides is 1. The van der Waals surface area contributed by atoms with Crippen LogP contribution >= 0.6 is 11.3 Å². The average molecular weight is 331 g/mol. The van der Waals surface area contributed by atoms with E-state index in [1.54, 1.807) is 11.6 Å². The number of methoxy groups -OCH3 is 1. The number of carbonyl (C=O) groups excluding carboxylic acids is 1. The zero-order chi connectivity index (χ0) is 16.6. The summed E-state index contributed by atoms with van der Waals surface area (Å²) in [6.07, 6.45) is 0. The van der Waals surface area contributed by atoms with E-state index in [4.69, 9.17) is 4.74 Å². The van der Waals surface area contributed by atoms with Gasteiger partial charge in [-0.1, -0.05) is 31.3 Å². The number of rotatable bonds is 4. The van der Waals surface area contributed by atoms with Crippen molar-refractivity contribution in [3.8, 4) is 5.75 Å². The second-order valence-corrected chi connectivity index (χ2v) is 6.43. The zero-order valence-electron chi connectivity index (χ0n) is 13.3. The smallest absolute Gasteiger partial charge is 0.286 e. The number of fused-ring (bicyclic) bond motifs is 1. The molecule has 120 valence electrons. The molecule has 0 saturated carbocycles. The molecule has 1 amide bonds. The number of nitrogens with one attached hydrogen (secondary N) is 1. The van der Waals surface area contributed by atoms with Crippen LogP contribution in [0.4, 0.5) is 5.69 Å². The standard InChI is InChI=1S/C15H17N5O2S/c1-8(2)12-17-18-15-20(12)19-14(23-15)13(21)16-10-7-9(3)5-6-11(10)22-4/h5-8H,1-4H3,(H,16,21). The summed E-state index contributed by atoms with van der Waals surface area (Å²) >= 11 is 1.21. The number of aryl methyl sites for hydroxylation is 1. The molecule has 1 aromatic carbocycles. The molecule has 0 saturated heterocycles. The summed E-state index contributed by atoms with van der Waals surface area (Å²) in [7, 11) is 1.57. The highest BCUT2D eigenvalue weighted by molar-refractivity contribution is 7.18. The van der Waals surface area contributed by atoms with Crippen molar-refractivity contribution >= 4 is 27.9 Å². The van der Waals surface area contributed by atoms with Gasteiger partial charge in [0.1, 0.15) is 5.75 Å². The Hall–Kier alpha value is -2.48. The van der Waals surface area contributed by atoms with Gasteiger partial charge in [-0.3, -0.25) is 4.79 Å². The molecule has 0 radical (unpaired) electrons. The van der Waals surface area contributed by atoms with Crippen LogP contribution in [0, 0.1) is 6.92 Å². The van der Waals surface area contributed by atoms with Gasteiger partial charge in [0.2, 0.25) is 9.97 Å². The largest absolute Gasteiger partial charge is 0.495 e. The van der Waals surface area contributed by atoms with Crippen LogP contribution in [-0.2, 0) is 0 Å². The maximum absolute atomic E-state index is 12.5. The van der Waals surface area contributed by atoms with E-state index in [2.05, 4.69) is 20.6 Å². The second kappa shape index (κ2) is 5.96. The van der Waals surface area contributed by atoms with Gasteiger partial charge >= 0.3 is 0 Å². The van der Waals surface area contributed by atoms with Crippen molar-refractivity contribution in [2.75, 3.05) is 12.4 Å². The summed E-state index contributed by atoms with van der Waals surface area (Å²) in [5.41, 5.74) is 1.65. The van der Waals surface area contributed by atoms with Gasteiger partial charge in [-0.15, -0.1) is 15.3 Å². The molecule has 3 rings (SSSR count). The Morgan fingerprint density at radius 1 is 1.35 bits per heavy atom. The Morgan fingerprint density at radius 2 is 2.13 bits per heavy atom. The van der Waals surface area contributed by atoms with E-state index in [0.29, 0.717) is 21.4 Å². The minimum absolute atomic E-state index is 0.180. The molecule has 2 heterocycles. The summed E-state index contributed by atoms with van der Waals surface area (Å²) in [4.78, 5) is 13.1. The van der Waals surface area contributed by atoms with E-state index in [1.165, 1.54) is 11.3 Å². The number of anilines is 1. The minimum atomic E-state index is -0.292. The topological polar surface area (TPSA) is 81.4 Å². The number of carbonyl (C=O) groups is 1. The van der Waals surface area contributed by atoms with E-state index in [9.17, 15) is 4.79 Å². The number of ether oxygens (including phenoxy) is 1. The van der Waals surface area contributed by atoms with E-state index < -0.39 is 0 Å². The molecular weight excluding hydrogens is 314 g/mol. The van der Waals surface area contributed by atoms with Gasteiger partial charge in [0.15, 0.2) is 5.82 Å². The molecule has 2 aromatic heterocycles. The van der Waals surface area contributed by atoms with Crippen LogP contribution in [0.2, 0.25) is 0 Å². The number of nitrogens with zero attached hydrogens (tertiary/aromatic N) is 4. The highest BCUT2D eigenvalue weighted by Crippen LogP contribution is 2.26. The number of hydrogen-bond donors (Lipinski definition) is 1. The Labute approximate surface area is 137 Å². The molecule has 0 aliphatic carbocycles. The molecule has 23 heavy (non-hydrogen) atoms. The Kier molecular flexibility index (Phi) is 3.99. The molecule has 7 nitrogen and oxygen atoms in total. The number of aromatic nitrogens is 4. The predicted octanol–water partition coefficient (Wildman–Crippen LogP) is 2.88. The summed E-state index contributed by atoms with van der Waals surface area (Å²) in [6.45, 7) is 5.97. The van der Waals surface area contributed by atoms with Crippen LogP contribution in [0.1, 0.15) is 41.0 Å². The maximum atomic E-state index is 12.5. The summed E-state index contributed by atoms with van der Waals surface area (Å²) < 4.78 is 6.90. The van der Waals surface area contributed by atoms with Crippen LogP contribution < -0.4 is 10.1 Å². The fourth-order valence-electron chi connectivity index (χ4n) is 2.18. The molecular formula is C15H17N5O2S. The maximum Gasteiger partial charge on any atom is 0.286 e. The third kappa shape index (κ3) is 2.89. The molecule has 0 spiro atoms. The first-order valence-corrected chi connectivity index (χ1v) is 7.99. The van der Waals surface area contributed by atoms with Crippen LogP contribution in [0.5, 0.6) is 5.75 Å². The van der Waals surface area contributed by atoms with Crippen LogP contribution in [0.25, 0.3) is 4.96 Å². The predicted molar refractivity (Wildman–Crippen MR) is 88.4 cm³/mol. The Bertz CT molecular complexity index is 868. The molecule has 0 unspecified atom stereocenters. The number of benzene rings is 1. The van der Waals surface area contributed by atoms with Crippen molar-refractivity contribution in [3.63, 3.8) is 0 Å². The monoisotopic (exact) mass is 331 g/mol. The van der Waals surface area contributed by atoms with Gasteiger partial charge in [-0.2, -0.15) is 4.52 Å². The normalized spacial score (nSPS) is 11.2. The lowest BCUT2D eigenvalue weighted by Gasteiger charge is -2.09. The van der Waals surface area contributed by atoms with E-state index >= 15 is 0 Å². The van der Waals surface area contributed by atoms with Crippen LogP contribution in [0.3, 0.4) is 0 Å². The molecule has 0 aliphatic heterocycles. The van der Waals surface area contributed by atoms with Crippen molar-refractivity contribution < 1.29 is 9.53 Å². The van der Waals surface area contributed by atoms with Crippen molar-refractivity contribution in [2.24, 2.45) is 0 Å². The first kappa shape index (κ1) is 15.4. The van der Waals surface area contributed by atoms with Gasteiger partial charge in [-0.25, -0.2) is 0 Å². The molecule has 8 heteroatoms. The summed E-state index contributed by atoms with van der Waals surface area (Å²) in [5, 5.41) is 15.6. The van der Waals surface area contributed by atoms with Gasteiger partial charge < -0.3 is 10.1 Å². The first-order chi connectivity index (χ1) is 11.0. The second-order valence-electron chi connectivity index (χ2n) is 5.47. The summed E-state index contributed by atoms with van der Waals surface area (Å²) in [5.74, 6) is 1.23. The SMILES string of the molecule is COc1ccc(C)cc1NC(=O)c1nn2c(C(C)C)nnc2s1. The van der Waals surface area contributed by atoms with Crippen molar-refractivity contribution in [1.82, 2.24) is 19.8 Å². The van der Waals surface area contributed by atoms with E-state index in [0.717, 1.165) is 11.4 Å². The quantitative estimate of drug-likeness (QED) is 0.795. The lowest BCUT2D eigenvalue weighted by Crippen LogP contribution is -2.13. The zero-order valence-corrected chi connectivity index (χ0v) is 14.1.